The maximum Gasteiger partial charge on any atom is 0.181 e. The van der Waals surface area contributed by atoms with Crippen molar-refractivity contribution in [3.05, 3.63) is 102 Å². The lowest BCUT2D eigenvalue weighted by atomic mass is 9.72. The summed E-state index contributed by atoms with van der Waals surface area (Å²) in [5, 5.41) is 0. The highest BCUT2D eigenvalue weighted by Gasteiger charge is 2.53. The van der Waals surface area contributed by atoms with E-state index < -0.39 is 5.41 Å². The standard InChI is InChI=1S/C29H30N2O2/c32-27-25-15-7-8-16-26(25)28(33)29(27,23-11-3-1-4-12-23)17-9-10-18-30-19-21-31(22-20-30)24-13-5-2-6-14-24/h1-8,11-16H,9-10,17-22H2. The highest BCUT2D eigenvalue weighted by molar-refractivity contribution is 6.33. The number of ketones is 2. The van der Waals surface area contributed by atoms with E-state index in [2.05, 4.69) is 40.1 Å². The first-order valence-electron chi connectivity index (χ1n) is 12.0. The number of carbonyl (C=O) groups is 2. The van der Waals surface area contributed by atoms with E-state index in [1.165, 1.54) is 5.69 Å². The molecule has 0 spiro atoms. The fraction of sp³-hybridized carbons (Fsp3) is 0.310. The van der Waals surface area contributed by atoms with Crippen LogP contribution in [-0.4, -0.2) is 49.2 Å². The fourth-order valence-electron chi connectivity index (χ4n) is 5.39. The predicted octanol–water partition coefficient (Wildman–Crippen LogP) is 5.00. The number of hydrogen-bond donors (Lipinski definition) is 0. The SMILES string of the molecule is O=C1c2ccccc2C(=O)C1(CCCCN1CCN(c2ccccc2)CC1)c1ccccc1. The Morgan fingerprint density at radius 2 is 1.18 bits per heavy atom. The van der Waals surface area contributed by atoms with Crippen molar-refractivity contribution in [3.8, 4) is 0 Å². The number of benzene rings is 3. The average molecular weight is 439 g/mol. The number of rotatable bonds is 7. The Hall–Kier alpha value is -3.24. The van der Waals surface area contributed by atoms with E-state index in [1.807, 2.05) is 42.5 Å². The quantitative estimate of drug-likeness (QED) is 0.385. The zero-order chi connectivity index (χ0) is 22.7. The van der Waals surface area contributed by atoms with Crippen LogP contribution in [-0.2, 0) is 5.41 Å². The number of fused-ring (bicyclic) bond motifs is 1. The number of unbranched alkanes of at least 4 members (excludes halogenated alkanes) is 1. The lowest BCUT2D eigenvalue weighted by molar-refractivity contribution is 0.0779. The topological polar surface area (TPSA) is 40.6 Å². The minimum atomic E-state index is -1.07. The van der Waals surface area contributed by atoms with E-state index in [4.69, 9.17) is 0 Å². The molecule has 2 aliphatic rings. The molecular formula is C29H30N2O2. The van der Waals surface area contributed by atoms with E-state index in [0.717, 1.165) is 51.1 Å². The molecule has 1 aliphatic carbocycles. The lowest BCUT2D eigenvalue weighted by Crippen LogP contribution is -2.46. The highest BCUT2D eigenvalue weighted by atomic mass is 16.2. The van der Waals surface area contributed by atoms with Crippen molar-refractivity contribution in [2.75, 3.05) is 37.6 Å². The van der Waals surface area contributed by atoms with Crippen molar-refractivity contribution in [2.24, 2.45) is 0 Å². The molecule has 0 N–H and O–H groups in total. The molecule has 4 nitrogen and oxygen atoms in total. The number of piperazine rings is 1. The summed E-state index contributed by atoms with van der Waals surface area (Å²) in [5.74, 6) is -0.0726. The summed E-state index contributed by atoms with van der Waals surface area (Å²) in [6.07, 6.45) is 2.39. The molecule has 0 atom stereocenters. The number of carbonyl (C=O) groups excluding carboxylic acids is 2. The van der Waals surface area contributed by atoms with Crippen LogP contribution in [0.3, 0.4) is 0 Å². The third-order valence-corrected chi connectivity index (χ3v) is 7.23. The highest BCUT2D eigenvalue weighted by Crippen LogP contribution is 2.43. The monoisotopic (exact) mass is 438 g/mol. The van der Waals surface area contributed by atoms with Crippen LogP contribution in [0.2, 0.25) is 0 Å². The van der Waals surface area contributed by atoms with Crippen LogP contribution in [0.1, 0.15) is 45.5 Å². The fourth-order valence-corrected chi connectivity index (χ4v) is 5.39. The molecular weight excluding hydrogens is 408 g/mol. The summed E-state index contributed by atoms with van der Waals surface area (Å²) < 4.78 is 0. The van der Waals surface area contributed by atoms with Gasteiger partial charge in [-0.3, -0.25) is 14.5 Å². The van der Waals surface area contributed by atoms with E-state index >= 15 is 0 Å². The maximum atomic E-state index is 13.6. The van der Waals surface area contributed by atoms with Gasteiger partial charge in [-0.15, -0.1) is 0 Å². The summed E-state index contributed by atoms with van der Waals surface area (Å²) in [6, 6.07) is 27.5. The van der Waals surface area contributed by atoms with Crippen molar-refractivity contribution in [1.29, 1.82) is 0 Å². The van der Waals surface area contributed by atoms with E-state index in [-0.39, 0.29) is 11.6 Å². The maximum absolute atomic E-state index is 13.6. The second kappa shape index (κ2) is 9.32. The summed E-state index contributed by atoms with van der Waals surface area (Å²) in [5.41, 5.74) is 2.19. The molecule has 0 bridgehead atoms. The van der Waals surface area contributed by atoms with Crippen LogP contribution in [0, 0.1) is 0 Å². The molecule has 3 aromatic rings. The Morgan fingerprint density at radius 1 is 0.636 bits per heavy atom. The molecule has 0 unspecified atom stereocenters. The molecule has 5 rings (SSSR count). The molecule has 0 aromatic heterocycles. The van der Waals surface area contributed by atoms with Gasteiger partial charge in [0.2, 0.25) is 0 Å². The van der Waals surface area contributed by atoms with Crippen LogP contribution < -0.4 is 4.90 Å². The zero-order valence-electron chi connectivity index (χ0n) is 19.0. The first-order valence-corrected chi connectivity index (χ1v) is 12.0. The van der Waals surface area contributed by atoms with E-state index in [1.54, 1.807) is 12.1 Å². The Morgan fingerprint density at radius 3 is 1.79 bits per heavy atom. The van der Waals surface area contributed by atoms with Gasteiger partial charge in [0.05, 0.1) is 0 Å². The molecule has 1 heterocycles. The molecule has 1 fully saturated rings. The Kier molecular flexibility index (Phi) is 6.10. The second-order valence-electron chi connectivity index (χ2n) is 9.10. The Labute approximate surface area is 195 Å². The lowest BCUT2D eigenvalue weighted by Gasteiger charge is -2.36. The molecule has 4 heteroatoms. The summed E-state index contributed by atoms with van der Waals surface area (Å²) in [7, 11) is 0. The van der Waals surface area contributed by atoms with Gasteiger partial charge >= 0.3 is 0 Å². The summed E-state index contributed by atoms with van der Waals surface area (Å²) >= 11 is 0. The van der Waals surface area contributed by atoms with Gasteiger partial charge in [0.25, 0.3) is 0 Å². The number of para-hydroxylation sites is 1. The van der Waals surface area contributed by atoms with Crippen molar-refractivity contribution in [3.63, 3.8) is 0 Å². The molecule has 3 aromatic carbocycles. The van der Waals surface area contributed by atoms with Gasteiger partial charge in [0.1, 0.15) is 5.41 Å². The van der Waals surface area contributed by atoms with E-state index in [9.17, 15) is 9.59 Å². The Balaban J connectivity index is 1.22. The largest absolute Gasteiger partial charge is 0.369 e. The van der Waals surface area contributed by atoms with Gasteiger partial charge in [0, 0.05) is 43.0 Å². The zero-order valence-corrected chi connectivity index (χ0v) is 19.0. The molecule has 1 aliphatic heterocycles. The normalized spacial score (nSPS) is 17.9. The van der Waals surface area contributed by atoms with Crippen LogP contribution in [0.25, 0.3) is 0 Å². The van der Waals surface area contributed by atoms with Gasteiger partial charge < -0.3 is 4.90 Å². The van der Waals surface area contributed by atoms with Crippen molar-refractivity contribution < 1.29 is 9.59 Å². The minimum absolute atomic E-state index is 0.0363. The third-order valence-electron chi connectivity index (χ3n) is 7.23. The van der Waals surface area contributed by atoms with Gasteiger partial charge in [0.15, 0.2) is 11.6 Å². The molecule has 33 heavy (non-hydrogen) atoms. The van der Waals surface area contributed by atoms with Crippen LogP contribution in [0.15, 0.2) is 84.9 Å². The Bertz CT molecular complexity index is 1080. The second-order valence-corrected chi connectivity index (χ2v) is 9.10. The van der Waals surface area contributed by atoms with Crippen molar-refractivity contribution in [1.82, 2.24) is 4.90 Å². The first-order chi connectivity index (χ1) is 16.2. The average Bonchev–Trinajstić information content (AvgIpc) is 3.10. The summed E-state index contributed by atoms with van der Waals surface area (Å²) in [4.78, 5) is 32.1. The predicted molar refractivity (Wildman–Crippen MR) is 132 cm³/mol. The van der Waals surface area contributed by atoms with Gasteiger partial charge in [-0.05, 0) is 37.1 Å². The van der Waals surface area contributed by atoms with Crippen LogP contribution in [0.4, 0.5) is 5.69 Å². The van der Waals surface area contributed by atoms with Crippen molar-refractivity contribution in [2.45, 2.75) is 24.7 Å². The number of anilines is 1. The molecule has 1 saturated heterocycles. The molecule has 0 saturated carbocycles. The minimum Gasteiger partial charge on any atom is -0.369 e. The van der Waals surface area contributed by atoms with Crippen molar-refractivity contribution >= 4 is 17.3 Å². The smallest absolute Gasteiger partial charge is 0.181 e. The van der Waals surface area contributed by atoms with Crippen LogP contribution >= 0.6 is 0 Å². The van der Waals surface area contributed by atoms with Crippen LogP contribution in [0.5, 0.6) is 0 Å². The number of nitrogens with zero attached hydrogens (tertiary/aromatic N) is 2. The first kappa shape index (κ1) is 21.6. The molecule has 0 radical (unpaired) electrons. The summed E-state index contributed by atoms with van der Waals surface area (Å²) in [6.45, 7) is 5.15. The molecule has 168 valence electrons. The van der Waals surface area contributed by atoms with Gasteiger partial charge in [-0.25, -0.2) is 0 Å². The molecule has 0 amide bonds. The number of Topliss-reactive ketones (excluding diaryl/α,β-unsaturated/α-hetero) is 2. The number of hydrogen-bond acceptors (Lipinski definition) is 4. The van der Waals surface area contributed by atoms with Gasteiger partial charge in [-0.1, -0.05) is 79.2 Å². The third kappa shape index (κ3) is 4.00. The van der Waals surface area contributed by atoms with E-state index in [0.29, 0.717) is 17.5 Å². The van der Waals surface area contributed by atoms with Gasteiger partial charge in [-0.2, -0.15) is 0 Å².